The first kappa shape index (κ1) is 19.7. The molecule has 6 heteroatoms. The SMILES string of the molecule is CCOC(=O)CCCNC1CCCN(C(=O)OC(C)(C)C)CC1. The van der Waals surface area contributed by atoms with Gasteiger partial charge in [0, 0.05) is 25.6 Å². The van der Waals surface area contributed by atoms with E-state index >= 15 is 0 Å². The van der Waals surface area contributed by atoms with Crippen LogP contribution in [-0.4, -0.2) is 54.8 Å². The molecule has 0 aromatic rings. The molecule has 1 aliphatic heterocycles. The van der Waals surface area contributed by atoms with Gasteiger partial charge in [-0.3, -0.25) is 4.79 Å². The van der Waals surface area contributed by atoms with E-state index in [0.717, 1.165) is 38.8 Å². The zero-order valence-corrected chi connectivity index (χ0v) is 15.0. The van der Waals surface area contributed by atoms with Crippen LogP contribution >= 0.6 is 0 Å². The Morgan fingerprint density at radius 2 is 1.96 bits per heavy atom. The van der Waals surface area contributed by atoms with E-state index in [9.17, 15) is 9.59 Å². The van der Waals surface area contributed by atoms with E-state index in [1.807, 2.05) is 27.7 Å². The van der Waals surface area contributed by atoms with Crippen LogP contribution in [-0.2, 0) is 14.3 Å². The topological polar surface area (TPSA) is 67.9 Å². The standard InChI is InChI=1S/C17H32N2O4/c1-5-22-15(20)9-6-11-18-14-8-7-12-19(13-10-14)16(21)23-17(2,3)4/h14,18H,5-13H2,1-4H3. The lowest BCUT2D eigenvalue weighted by atomic mass is 10.1. The van der Waals surface area contributed by atoms with Crippen LogP contribution in [0.2, 0.25) is 0 Å². The molecule has 0 radical (unpaired) electrons. The maximum atomic E-state index is 12.1. The molecule has 0 spiro atoms. The second-order valence-electron chi connectivity index (χ2n) is 6.96. The lowest BCUT2D eigenvalue weighted by molar-refractivity contribution is -0.143. The zero-order valence-electron chi connectivity index (χ0n) is 15.0. The van der Waals surface area contributed by atoms with Gasteiger partial charge in [0.05, 0.1) is 6.61 Å². The van der Waals surface area contributed by atoms with Crippen molar-refractivity contribution in [3.8, 4) is 0 Å². The molecule has 1 N–H and O–H groups in total. The quantitative estimate of drug-likeness (QED) is 0.600. The summed E-state index contributed by atoms with van der Waals surface area (Å²) in [4.78, 5) is 25.2. The third-order valence-corrected chi connectivity index (χ3v) is 3.68. The fourth-order valence-corrected chi connectivity index (χ4v) is 2.58. The smallest absolute Gasteiger partial charge is 0.410 e. The molecule has 0 bridgehead atoms. The van der Waals surface area contributed by atoms with Gasteiger partial charge in [-0.2, -0.15) is 0 Å². The predicted molar refractivity (Wildman–Crippen MR) is 89.3 cm³/mol. The number of ether oxygens (including phenoxy) is 2. The van der Waals surface area contributed by atoms with Gasteiger partial charge in [-0.15, -0.1) is 0 Å². The van der Waals surface area contributed by atoms with E-state index in [-0.39, 0.29) is 12.1 Å². The third-order valence-electron chi connectivity index (χ3n) is 3.68. The van der Waals surface area contributed by atoms with Crippen molar-refractivity contribution in [1.82, 2.24) is 10.2 Å². The average molecular weight is 328 g/mol. The number of carbonyl (C=O) groups is 2. The van der Waals surface area contributed by atoms with Crippen molar-refractivity contribution in [2.24, 2.45) is 0 Å². The first-order valence-electron chi connectivity index (χ1n) is 8.68. The van der Waals surface area contributed by atoms with E-state index in [1.54, 1.807) is 4.90 Å². The van der Waals surface area contributed by atoms with E-state index in [0.29, 0.717) is 25.6 Å². The molecule has 1 heterocycles. The maximum Gasteiger partial charge on any atom is 0.410 e. The molecule has 1 aliphatic rings. The van der Waals surface area contributed by atoms with Crippen LogP contribution in [0.15, 0.2) is 0 Å². The summed E-state index contributed by atoms with van der Waals surface area (Å²) in [7, 11) is 0. The summed E-state index contributed by atoms with van der Waals surface area (Å²) in [6.45, 7) is 10.2. The molecule has 1 fully saturated rings. The van der Waals surface area contributed by atoms with Crippen LogP contribution in [0.3, 0.4) is 0 Å². The van der Waals surface area contributed by atoms with Gasteiger partial charge in [0.2, 0.25) is 0 Å². The zero-order chi connectivity index (χ0) is 17.3. The molecule has 1 rings (SSSR count). The minimum Gasteiger partial charge on any atom is -0.466 e. The van der Waals surface area contributed by atoms with Crippen molar-refractivity contribution in [1.29, 1.82) is 0 Å². The molecular weight excluding hydrogens is 296 g/mol. The summed E-state index contributed by atoms with van der Waals surface area (Å²) in [6.07, 6.45) is 3.94. The summed E-state index contributed by atoms with van der Waals surface area (Å²) in [6, 6.07) is 0.393. The van der Waals surface area contributed by atoms with Crippen molar-refractivity contribution in [2.75, 3.05) is 26.2 Å². The number of amides is 1. The minimum absolute atomic E-state index is 0.133. The Morgan fingerprint density at radius 3 is 2.61 bits per heavy atom. The Labute approximate surface area is 139 Å². The number of hydrogen-bond acceptors (Lipinski definition) is 5. The highest BCUT2D eigenvalue weighted by atomic mass is 16.6. The number of likely N-dealkylation sites (tertiary alicyclic amines) is 1. The van der Waals surface area contributed by atoms with Crippen LogP contribution < -0.4 is 5.32 Å². The molecule has 1 amide bonds. The summed E-state index contributed by atoms with van der Waals surface area (Å²) in [5, 5.41) is 3.48. The van der Waals surface area contributed by atoms with Crippen molar-refractivity contribution in [3.63, 3.8) is 0 Å². The highest BCUT2D eigenvalue weighted by Gasteiger charge is 2.24. The Morgan fingerprint density at radius 1 is 1.22 bits per heavy atom. The Kier molecular flexibility index (Phi) is 8.37. The lowest BCUT2D eigenvalue weighted by Crippen LogP contribution is -2.38. The first-order valence-corrected chi connectivity index (χ1v) is 8.68. The van der Waals surface area contributed by atoms with E-state index in [2.05, 4.69) is 5.32 Å². The number of esters is 1. The van der Waals surface area contributed by atoms with Gasteiger partial charge in [-0.05, 0) is 59.9 Å². The van der Waals surface area contributed by atoms with Gasteiger partial charge in [0.15, 0.2) is 0 Å². The number of rotatable bonds is 6. The molecule has 0 aliphatic carbocycles. The van der Waals surface area contributed by atoms with Crippen molar-refractivity contribution in [2.45, 2.75) is 71.4 Å². The third kappa shape index (κ3) is 8.79. The largest absolute Gasteiger partial charge is 0.466 e. The molecule has 134 valence electrons. The second-order valence-corrected chi connectivity index (χ2v) is 6.96. The number of nitrogens with one attached hydrogen (secondary N) is 1. The average Bonchev–Trinajstić information content (AvgIpc) is 2.68. The molecule has 0 aromatic heterocycles. The number of carbonyl (C=O) groups excluding carboxylic acids is 2. The second kappa shape index (κ2) is 9.75. The summed E-state index contributed by atoms with van der Waals surface area (Å²) >= 11 is 0. The van der Waals surface area contributed by atoms with Crippen LogP contribution in [0.4, 0.5) is 4.79 Å². The van der Waals surface area contributed by atoms with Crippen molar-refractivity contribution >= 4 is 12.1 Å². The van der Waals surface area contributed by atoms with Crippen LogP contribution in [0.5, 0.6) is 0 Å². The molecule has 6 nitrogen and oxygen atoms in total. The molecule has 1 atom stereocenters. The van der Waals surface area contributed by atoms with Gasteiger partial charge in [-0.25, -0.2) is 4.79 Å². The molecular formula is C17H32N2O4. The van der Waals surface area contributed by atoms with E-state index < -0.39 is 5.60 Å². The van der Waals surface area contributed by atoms with Gasteiger partial charge in [0.25, 0.3) is 0 Å². The molecule has 1 saturated heterocycles. The first-order chi connectivity index (χ1) is 10.8. The van der Waals surface area contributed by atoms with E-state index in [1.165, 1.54) is 0 Å². The summed E-state index contributed by atoms with van der Waals surface area (Å²) in [5.41, 5.74) is -0.450. The Bertz CT molecular complexity index is 379. The van der Waals surface area contributed by atoms with Gasteiger partial charge in [0.1, 0.15) is 5.60 Å². The molecule has 1 unspecified atom stereocenters. The summed E-state index contributed by atoms with van der Waals surface area (Å²) < 4.78 is 10.3. The highest BCUT2D eigenvalue weighted by Crippen LogP contribution is 2.15. The molecule has 0 aromatic carbocycles. The molecule has 0 saturated carbocycles. The van der Waals surface area contributed by atoms with Gasteiger partial charge < -0.3 is 19.7 Å². The van der Waals surface area contributed by atoms with Gasteiger partial charge in [-0.1, -0.05) is 0 Å². The number of hydrogen-bond donors (Lipinski definition) is 1. The number of nitrogens with zero attached hydrogens (tertiary/aromatic N) is 1. The fraction of sp³-hybridized carbons (Fsp3) is 0.882. The van der Waals surface area contributed by atoms with E-state index in [4.69, 9.17) is 9.47 Å². The lowest BCUT2D eigenvalue weighted by Gasteiger charge is -2.26. The Hall–Kier alpha value is -1.30. The molecule has 23 heavy (non-hydrogen) atoms. The summed E-state index contributed by atoms with van der Waals surface area (Å²) in [5.74, 6) is -0.133. The minimum atomic E-state index is -0.450. The van der Waals surface area contributed by atoms with Crippen LogP contribution in [0.25, 0.3) is 0 Å². The fourth-order valence-electron chi connectivity index (χ4n) is 2.58. The van der Waals surface area contributed by atoms with Crippen LogP contribution in [0, 0.1) is 0 Å². The van der Waals surface area contributed by atoms with Crippen molar-refractivity contribution < 1.29 is 19.1 Å². The van der Waals surface area contributed by atoms with Crippen molar-refractivity contribution in [3.05, 3.63) is 0 Å². The monoisotopic (exact) mass is 328 g/mol. The van der Waals surface area contributed by atoms with Gasteiger partial charge >= 0.3 is 12.1 Å². The Balaban J connectivity index is 2.24. The highest BCUT2D eigenvalue weighted by molar-refractivity contribution is 5.69. The normalized spacial score (nSPS) is 19.1. The van der Waals surface area contributed by atoms with Crippen LogP contribution in [0.1, 0.15) is 59.8 Å². The maximum absolute atomic E-state index is 12.1. The predicted octanol–water partition coefficient (Wildman–Crippen LogP) is 2.71.